The van der Waals surface area contributed by atoms with Crippen LogP contribution < -0.4 is 11.3 Å². The van der Waals surface area contributed by atoms with Gasteiger partial charge in [0, 0.05) is 5.39 Å². The molecule has 0 bridgehead atoms. The number of anilines is 1. The summed E-state index contributed by atoms with van der Waals surface area (Å²) < 4.78 is 13.8. The van der Waals surface area contributed by atoms with Crippen LogP contribution in [0.25, 0.3) is 10.9 Å². The highest BCUT2D eigenvalue weighted by Gasteiger charge is 2.09. The minimum atomic E-state index is -0.282. The lowest BCUT2D eigenvalue weighted by Gasteiger charge is -2.07. The lowest BCUT2D eigenvalue weighted by Crippen LogP contribution is -2.08. The lowest BCUT2D eigenvalue weighted by atomic mass is 10.1. The highest BCUT2D eigenvalue weighted by molar-refractivity contribution is 9.10. The van der Waals surface area contributed by atoms with E-state index in [1.165, 1.54) is 6.07 Å². The quantitative estimate of drug-likeness (QED) is 0.618. The van der Waals surface area contributed by atoms with Crippen LogP contribution in [0.4, 0.5) is 10.2 Å². The number of hydrogen-bond donors (Lipinski definition) is 2. The van der Waals surface area contributed by atoms with E-state index in [0.29, 0.717) is 10.3 Å². The first-order chi connectivity index (χ1) is 7.13. The highest BCUT2D eigenvalue weighted by Crippen LogP contribution is 2.29. The van der Waals surface area contributed by atoms with E-state index in [9.17, 15) is 4.39 Å². The van der Waals surface area contributed by atoms with Gasteiger partial charge < -0.3 is 5.43 Å². The Morgan fingerprint density at radius 1 is 1.47 bits per heavy atom. The minimum absolute atomic E-state index is 0.282. The number of nitrogens with two attached hydrogens (primary N) is 1. The first-order valence-corrected chi connectivity index (χ1v) is 5.14. The summed E-state index contributed by atoms with van der Waals surface area (Å²) in [5.74, 6) is 5.54. The lowest BCUT2D eigenvalue weighted by molar-refractivity contribution is 0.622. The summed E-state index contributed by atoms with van der Waals surface area (Å²) in [7, 11) is 0. The van der Waals surface area contributed by atoms with Gasteiger partial charge in [0.05, 0.1) is 9.99 Å². The molecule has 1 aromatic carbocycles. The maximum atomic E-state index is 13.4. The van der Waals surface area contributed by atoms with Gasteiger partial charge in [0.25, 0.3) is 0 Å². The third-order valence-electron chi connectivity index (χ3n) is 2.21. The molecule has 0 aliphatic heterocycles. The summed E-state index contributed by atoms with van der Waals surface area (Å²) in [6.07, 6.45) is 0. The number of halogens is 2. The number of benzene rings is 1. The van der Waals surface area contributed by atoms with Crippen LogP contribution in [0.15, 0.2) is 22.7 Å². The normalized spacial score (nSPS) is 10.7. The molecule has 0 amide bonds. The van der Waals surface area contributed by atoms with Gasteiger partial charge in [-0.3, -0.25) is 0 Å². The van der Waals surface area contributed by atoms with Gasteiger partial charge >= 0.3 is 0 Å². The summed E-state index contributed by atoms with van der Waals surface area (Å²) >= 11 is 3.19. The number of aryl methyl sites for hydroxylation is 1. The average molecular weight is 270 g/mol. The maximum absolute atomic E-state index is 13.4. The van der Waals surface area contributed by atoms with Gasteiger partial charge in [-0.25, -0.2) is 15.2 Å². The molecule has 3 N–H and O–H groups in total. The van der Waals surface area contributed by atoms with Crippen molar-refractivity contribution in [3.05, 3.63) is 34.1 Å². The zero-order chi connectivity index (χ0) is 11.0. The first kappa shape index (κ1) is 10.3. The Bertz CT molecular complexity index is 528. The van der Waals surface area contributed by atoms with Gasteiger partial charge in [0.1, 0.15) is 11.6 Å². The molecule has 0 saturated heterocycles. The van der Waals surface area contributed by atoms with E-state index in [1.54, 1.807) is 12.1 Å². The van der Waals surface area contributed by atoms with E-state index in [1.807, 2.05) is 6.92 Å². The average Bonchev–Trinajstić information content (AvgIpc) is 2.25. The van der Waals surface area contributed by atoms with E-state index >= 15 is 0 Å². The summed E-state index contributed by atoms with van der Waals surface area (Å²) in [6.45, 7) is 1.81. The second kappa shape index (κ2) is 3.75. The molecule has 0 aliphatic rings. The predicted octanol–water partition coefficient (Wildman–Crippen LogP) is 2.73. The van der Waals surface area contributed by atoms with Crippen molar-refractivity contribution in [1.82, 2.24) is 4.98 Å². The number of pyridine rings is 1. The highest BCUT2D eigenvalue weighted by atomic mass is 79.9. The fourth-order valence-electron chi connectivity index (χ4n) is 1.47. The van der Waals surface area contributed by atoms with Crippen molar-refractivity contribution in [3.8, 4) is 0 Å². The van der Waals surface area contributed by atoms with Crippen molar-refractivity contribution in [2.24, 2.45) is 5.84 Å². The molecule has 0 atom stereocenters. The van der Waals surface area contributed by atoms with Crippen molar-refractivity contribution in [1.29, 1.82) is 0 Å². The zero-order valence-corrected chi connectivity index (χ0v) is 9.60. The molecule has 2 aromatic rings. The molecule has 2 rings (SSSR count). The Morgan fingerprint density at radius 2 is 2.20 bits per heavy atom. The van der Waals surface area contributed by atoms with E-state index in [0.717, 1.165) is 16.5 Å². The molecule has 0 spiro atoms. The second-order valence-corrected chi connectivity index (χ2v) is 4.02. The monoisotopic (exact) mass is 269 g/mol. The molecule has 0 saturated carbocycles. The van der Waals surface area contributed by atoms with E-state index in [2.05, 4.69) is 26.3 Å². The summed E-state index contributed by atoms with van der Waals surface area (Å²) in [4.78, 5) is 4.26. The molecule has 5 heteroatoms. The Labute approximate surface area is 94.6 Å². The number of aromatic nitrogens is 1. The number of rotatable bonds is 1. The number of nitrogens with zero attached hydrogens (tertiary/aromatic N) is 1. The Balaban J connectivity index is 2.84. The summed E-state index contributed by atoms with van der Waals surface area (Å²) in [5, 5.41) is 0.742. The van der Waals surface area contributed by atoms with Gasteiger partial charge in [-0.15, -0.1) is 0 Å². The van der Waals surface area contributed by atoms with E-state index < -0.39 is 0 Å². The number of hydrazine groups is 1. The fraction of sp³-hybridized carbons (Fsp3) is 0.100. The number of hydrogen-bond acceptors (Lipinski definition) is 3. The number of fused-ring (bicyclic) bond motifs is 1. The third-order valence-corrected chi connectivity index (χ3v) is 3.01. The van der Waals surface area contributed by atoms with Crippen LogP contribution in [0, 0.1) is 12.7 Å². The van der Waals surface area contributed by atoms with Crippen LogP contribution in [-0.4, -0.2) is 4.98 Å². The van der Waals surface area contributed by atoms with E-state index in [4.69, 9.17) is 5.84 Å². The van der Waals surface area contributed by atoms with Gasteiger partial charge in [0.15, 0.2) is 0 Å². The number of nitrogens with one attached hydrogen (secondary N) is 1. The molecular weight excluding hydrogens is 261 g/mol. The van der Waals surface area contributed by atoms with Crippen molar-refractivity contribution in [2.75, 3.05) is 5.43 Å². The topological polar surface area (TPSA) is 50.9 Å². The van der Waals surface area contributed by atoms with Crippen molar-refractivity contribution >= 4 is 32.7 Å². The molecule has 78 valence electrons. The maximum Gasteiger partial charge on any atom is 0.140 e. The fourth-order valence-corrected chi connectivity index (χ4v) is 1.90. The minimum Gasteiger partial charge on any atom is -0.308 e. The second-order valence-electron chi connectivity index (χ2n) is 3.23. The molecule has 0 fully saturated rings. The molecule has 0 unspecified atom stereocenters. The van der Waals surface area contributed by atoms with Gasteiger partial charge in [-0.2, -0.15) is 0 Å². The molecule has 0 radical (unpaired) electrons. The summed E-state index contributed by atoms with van der Waals surface area (Å²) in [6, 6.07) is 4.92. The first-order valence-electron chi connectivity index (χ1n) is 4.35. The molecule has 1 aromatic heterocycles. The van der Waals surface area contributed by atoms with Crippen molar-refractivity contribution in [3.63, 3.8) is 0 Å². The Kier molecular flexibility index (Phi) is 2.58. The van der Waals surface area contributed by atoms with Crippen LogP contribution >= 0.6 is 15.9 Å². The van der Waals surface area contributed by atoms with Gasteiger partial charge in [-0.1, -0.05) is 0 Å². The molecular formula is C10H9BrFN3. The SMILES string of the molecule is Cc1cc(F)c(Br)c2ccc(NN)nc12. The molecule has 0 aliphatic carbocycles. The predicted molar refractivity (Wildman–Crippen MR) is 61.9 cm³/mol. The van der Waals surface area contributed by atoms with E-state index in [-0.39, 0.29) is 5.82 Å². The molecule has 15 heavy (non-hydrogen) atoms. The molecule has 1 heterocycles. The van der Waals surface area contributed by atoms with Crippen LogP contribution in [0.1, 0.15) is 5.56 Å². The van der Waals surface area contributed by atoms with Gasteiger partial charge in [0.2, 0.25) is 0 Å². The molecule has 3 nitrogen and oxygen atoms in total. The number of nitrogen functional groups attached to an aromatic ring is 1. The zero-order valence-electron chi connectivity index (χ0n) is 8.01. The largest absolute Gasteiger partial charge is 0.308 e. The third kappa shape index (κ3) is 1.68. The standard InChI is InChI=1S/C10H9BrFN3/c1-5-4-7(12)9(11)6-2-3-8(15-13)14-10(5)6/h2-4H,13H2,1H3,(H,14,15). The Hall–Kier alpha value is -1.20. The van der Waals surface area contributed by atoms with Crippen LogP contribution in [0.3, 0.4) is 0 Å². The smallest absolute Gasteiger partial charge is 0.140 e. The van der Waals surface area contributed by atoms with Crippen LogP contribution in [-0.2, 0) is 0 Å². The van der Waals surface area contributed by atoms with Crippen molar-refractivity contribution < 1.29 is 4.39 Å². The Morgan fingerprint density at radius 3 is 2.87 bits per heavy atom. The summed E-state index contributed by atoms with van der Waals surface area (Å²) in [5.41, 5.74) is 3.98. The van der Waals surface area contributed by atoms with Crippen molar-refractivity contribution in [2.45, 2.75) is 6.92 Å². The van der Waals surface area contributed by atoms with Crippen LogP contribution in [0.2, 0.25) is 0 Å². The van der Waals surface area contributed by atoms with Crippen LogP contribution in [0.5, 0.6) is 0 Å². The van der Waals surface area contributed by atoms with Gasteiger partial charge in [-0.05, 0) is 46.6 Å².